The van der Waals surface area contributed by atoms with Crippen LogP contribution in [0.2, 0.25) is 0 Å². The van der Waals surface area contributed by atoms with Crippen molar-refractivity contribution in [2.45, 2.75) is 62.8 Å². The average molecular weight is 334 g/mol. The molecule has 4 nitrogen and oxygen atoms in total. The quantitative estimate of drug-likeness (QED) is 0.840. The minimum absolute atomic E-state index is 0.0228. The van der Waals surface area contributed by atoms with Crippen LogP contribution in [0.25, 0.3) is 0 Å². The molecule has 0 aliphatic carbocycles. The molecule has 1 aliphatic heterocycles. The summed E-state index contributed by atoms with van der Waals surface area (Å²) in [5, 5.41) is 3.60. The third kappa shape index (κ3) is 4.74. The Kier molecular flexibility index (Phi) is 6.10. The number of hydrogen-bond acceptors (Lipinski definition) is 3. The largest absolute Gasteiger partial charge is 0.348 e. The van der Waals surface area contributed by atoms with Gasteiger partial charge in [-0.3, -0.25) is 9.59 Å². The van der Waals surface area contributed by atoms with Crippen molar-refractivity contribution in [2.24, 2.45) is 0 Å². The van der Waals surface area contributed by atoms with Gasteiger partial charge in [0.25, 0.3) is 0 Å². The van der Waals surface area contributed by atoms with Crippen LogP contribution in [0.15, 0.2) is 29.2 Å². The first-order valence-electron chi connectivity index (χ1n) is 8.22. The number of benzene rings is 1. The zero-order valence-electron chi connectivity index (χ0n) is 14.3. The Hall–Kier alpha value is -1.49. The number of hydrogen-bond donors (Lipinski definition) is 1. The average Bonchev–Trinajstić information content (AvgIpc) is 2.97. The van der Waals surface area contributed by atoms with Gasteiger partial charge in [0.15, 0.2) is 0 Å². The molecule has 2 atom stereocenters. The van der Waals surface area contributed by atoms with Gasteiger partial charge in [-0.1, -0.05) is 26.0 Å². The molecule has 23 heavy (non-hydrogen) atoms. The highest BCUT2D eigenvalue weighted by atomic mass is 32.2. The zero-order chi connectivity index (χ0) is 17.0. The zero-order valence-corrected chi connectivity index (χ0v) is 15.2. The Bertz CT molecular complexity index is 557. The SMILES string of the molecule is CC(=O)N1CCC[C@H]1C(=O)NC(C)c1ccc(SC(C)C)cc1. The highest BCUT2D eigenvalue weighted by Crippen LogP contribution is 2.25. The van der Waals surface area contributed by atoms with Gasteiger partial charge in [0.2, 0.25) is 11.8 Å². The number of nitrogens with zero attached hydrogens (tertiary/aromatic N) is 1. The molecule has 1 aromatic rings. The van der Waals surface area contributed by atoms with E-state index < -0.39 is 0 Å². The van der Waals surface area contributed by atoms with Crippen molar-refractivity contribution >= 4 is 23.6 Å². The summed E-state index contributed by atoms with van der Waals surface area (Å²) >= 11 is 1.83. The van der Waals surface area contributed by atoms with E-state index in [9.17, 15) is 9.59 Å². The van der Waals surface area contributed by atoms with Crippen LogP contribution in [0.4, 0.5) is 0 Å². The van der Waals surface area contributed by atoms with Crippen molar-refractivity contribution in [3.63, 3.8) is 0 Å². The number of carbonyl (C=O) groups is 2. The van der Waals surface area contributed by atoms with Crippen LogP contribution in [0.3, 0.4) is 0 Å². The van der Waals surface area contributed by atoms with E-state index >= 15 is 0 Å². The molecule has 0 spiro atoms. The number of amides is 2. The third-order valence-electron chi connectivity index (χ3n) is 4.07. The van der Waals surface area contributed by atoms with Crippen LogP contribution < -0.4 is 5.32 Å². The predicted molar refractivity (Wildman–Crippen MR) is 94.4 cm³/mol. The number of rotatable bonds is 5. The van der Waals surface area contributed by atoms with Gasteiger partial charge >= 0.3 is 0 Å². The molecule has 0 saturated carbocycles. The molecule has 5 heteroatoms. The maximum absolute atomic E-state index is 12.4. The molecule has 2 amide bonds. The summed E-state index contributed by atoms with van der Waals surface area (Å²) < 4.78 is 0. The van der Waals surface area contributed by atoms with Crippen molar-refractivity contribution < 1.29 is 9.59 Å². The van der Waals surface area contributed by atoms with Gasteiger partial charge in [-0.15, -0.1) is 11.8 Å². The van der Waals surface area contributed by atoms with Gasteiger partial charge < -0.3 is 10.2 Å². The van der Waals surface area contributed by atoms with E-state index in [0.717, 1.165) is 18.4 Å². The molecule has 1 saturated heterocycles. The standard InChI is InChI=1S/C18H26N2O2S/c1-12(2)23-16-9-7-15(8-10-16)13(3)19-18(22)17-6-5-11-20(17)14(4)21/h7-10,12-13,17H,5-6,11H2,1-4H3,(H,19,22)/t13?,17-/m0/s1. The van der Waals surface area contributed by atoms with Crippen LogP contribution in [0.1, 0.15) is 52.1 Å². The fourth-order valence-corrected chi connectivity index (χ4v) is 3.75. The van der Waals surface area contributed by atoms with E-state index in [1.54, 1.807) is 4.90 Å². The Morgan fingerprint density at radius 1 is 1.22 bits per heavy atom. The molecule has 0 radical (unpaired) electrons. The van der Waals surface area contributed by atoms with E-state index in [1.807, 2.05) is 18.7 Å². The van der Waals surface area contributed by atoms with Crippen LogP contribution >= 0.6 is 11.8 Å². The number of carbonyl (C=O) groups excluding carboxylic acids is 2. The number of nitrogens with one attached hydrogen (secondary N) is 1. The Balaban J connectivity index is 1.96. The molecule has 1 heterocycles. The van der Waals surface area contributed by atoms with Crippen LogP contribution in [0.5, 0.6) is 0 Å². The highest BCUT2D eigenvalue weighted by Gasteiger charge is 2.32. The summed E-state index contributed by atoms with van der Waals surface area (Å²) in [5.74, 6) is -0.0730. The first-order valence-corrected chi connectivity index (χ1v) is 9.10. The lowest BCUT2D eigenvalue weighted by atomic mass is 10.1. The van der Waals surface area contributed by atoms with Crippen molar-refractivity contribution in [1.82, 2.24) is 10.2 Å². The summed E-state index contributed by atoms with van der Waals surface area (Å²) in [6, 6.07) is 7.95. The minimum atomic E-state index is -0.314. The molecule has 0 bridgehead atoms. The normalized spacial score (nSPS) is 19.0. The Morgan fingerprint density at radius 2 is 1.87 bits per heavy atom. The molecule has 1 aliphatic rings. The second kappa shape index (κ2) is 7.86. The van der Waals surface area contributed by atoms with E-state index in [-0.39, 0.29) is 23.9 Å². The molecule has 1 fully saturated rings. The van der Waals surface area contributed by atoms with Crippen LogP contribution in [-0.2, 0) is 9.59 Å². The summed E-state index contributed by atoms with van der Waals surface area (Å²) in [6.45, 7) is 8.53. The lowest BCUT2D eigenvalue weighted by molar-refractivity contribution is -0.137. The van der Waals surface area contributed by atoms with E-state index in [4.69, 9.17) is 0 Å². The first-order chi connectivity index (χ1) is 10.9. The third-order valence-corrected chi connectivity index (χ3v) is 5.09. The van der Waals surface area contributed by atoms with Crippen molar-refractivity contribution in [2.75, 3.05) is 6.54 Å². The predicted octanol–water partition coefficient (Wildman–Crippen LogP) is 3.38. The smallest absolute Gasteiger partial charge is 0.243 e. The highest BCUT2D eigenvalue weighted by molar-refractivity contribution is 7.99. The van der Waals surface area contributed by atoms with E-state index in [0.29, 0.717) is 11.8 Å². The van der Waals surface area contributed by atoms with Gasteiger partial charge in [0, 0.05) is 23.6 Å². The number of thioether (sulfide) groups is 1. The lowest BCUT2D eigenvalue weighted by Crippen LogP contribution is -2.45. The first kappa shape index (κ1) is 17.9. The van der Waals surface area contributed by atoms with Gasteiger partial charge in [0.05, 0.1) is 6.04 Å². The molecular weight excluding hydrogens is 308 g/mol. The minimum Gasteiger partial charge on any atom is -0.348 e. The molecule has 1 unspecified atom stereocenters. The summed E-state index contributed by atoms with van der Waals surface area (Å²) in [5.41, 5.74) is 1.08. The van der Waals surface area contributed by atoms with Crippen molar-refractivity contribution in [1.29, 1.82) is 0 Å². The van der Waals surface area contributed by atoms with Crippen LogP contribution in [-0.4, -0.2) is 34.6 Å². The van der Waals surface area contributed by atoms with Gasteiger partial charge in [-0.05, 0) is 37.5 Å². The Morgan fingerprint density at radius 3 is 2.43 bits per heavy atom. The summed E-state index contributed by atoms with van der Waals surface area (Å²) in [4.78, 5) is 26.9. The van der Waals surface area contributed by atoms with Crippen molar-refractivity contribution in [3.8, 4) is 0 Å². The van der Waals surface area contributed by atoms with E-state index in [1.165, 1.54) is 11.8 Å². The second-order valence-corrected chi connectivity index (χ2v) is 7.99. The molecule has 1 N–H and O–H groups in total. The van der Waals surface area contributed by atoms with Gasteiger partial charge in [0.1, 0.15) is 6.04 Å². The summed E-state index contributed by atoms with van der Waals surface area (Å²) in [6.07, 6.45) is 1.65. The van der Waals surface area contributed by atoms with Crippen molar-refractivity contribution in [3.05, 3.63) is 29.8 Å². The molecule has 0 aromatic heterocycles. The molecular formula is C18H26N2O2S. The monoisotopic (exact) mass is 334 g/mol. The fraction of sp³-hybridized carbons (Fsp3) is 0.556. The van der Waals surface area contributed by atoms with E-state index in [2.05, 4.69) is 43.4 Å². The topological polar surface area (TPSA) is 49.4 Å². The van der Waals surface area contributed by atoms with Crippen LogP contribution in [0, 0.1) is 0 Å². The lowest BCUT2D eigenvalue weighted by Gasteiger charge is -2.24. The maximum atomic E-state index is 12.4. The van der Waals surface area contributed by atoms with Gasteiger partial charge in [-0.25, -0.2) is 0 Å². The molecule has 1 aromatic carbocycles. The Labute approximate surface area is 143 Å². The summed E-state index contributed by atoms with van der Waals surface area (Å²) in [7, 11) is 0. The molecule has 126 valence electrons. The van der Waals surface area contributed by atoms with Gasteiger partial charge in [-0.2, -0.15) is 0 Å². The maximum Gasteiger partial charge on any atom is 0.243 e. The molecule has 2 rings (SSSR count). The fourth-order valence-electron chi connectivity index (χ4n) is 2.92. The second-order valence-electron chi connectivity index (χ2n) is 6.34. The number of likely N-dealkylation sites (tertiary alicyclic amines) is 1.